The second-order valence-corrected chi connectivity index (χ2v) is 5.47. The summed E-state index contributed by atoms with van der Waals surface area (Å²) in [5, 5.41) is 9.06. The van der Waals surface area contributed by atoms with Gasteiger partial charge in [0.25, 0.3) is 0 Å². The first kappa shape index (κ1) is 15.4. The summed E-state index contributed by atoms with van der Waals surface area (Å²) in [6.07, 6.45) is 0.495. The van der Waals surface area contributed by atoms with Crippen LogP contribution in [0.5, 0.6) is 0 Å². The Morgan fingerprint density at radius 2 is 2.00 bits per heavy atom. The molecule has 1 aromatic heterocycles. The molecule has 5 nitrogen and oxygen atoms in total. The number of amides is 2. The number of hydrogen-bond donors (Lipinski definition) is 2. The molecule has 0 radical (unpaired) electrons. The highest BCUT2D eigenvalue weighted by Gasteiger charge is 2.33. The van der Waals surface area contributed by atoms with E-state index in [1.165, 1.54) is 18.3 Å². The van der Waals surface area contributed by atoms with Crippen molar-refractivity contribution in [1.82, 2.24) is 15.1 Å². The first-order valence-corrected chi connectivity index (χ1v) is 7.16. The third kappa shape index (κ3) is 3.82. The van der Waals surface area contributed by atoms with Gasteiger partial charge >= 0.3 is 12.2 Å². The third-order valence-corrected chi connectivity index (χ3v) is 3.63. The van der Waals surface area contributed by atoms with Crippen molar-refractivity contribution in [2.75, 3.05) is 5.32 Å². The summed E-state index contributed by atoms with van der Waals surface area (Å²) >= 11 is 0. The zero-order chi connectivity index (χ0) is 16.4. The SMILES string of the molecule is O=C(Nc1cn[nH]c1)N(Cc1ccc(C(F)(F)F)cc1)C1CC1. The van der Waals surface area contributed by atoms with Crippen LogP contribution in [0.4, 0.5) is 23.7 Å². The molecule has 1 saturated carbocycles. The monoisotopic (exact) mass is 324 g/mol. The van der Waals surface area contributed by atoms with Crippen molar-refractivity contribution in [3.05, 3.63) is 47.8 Å². The Balaban J connectivity index is 1.69. The molecule has 122 valence electrons. The van der Waals surface area contributed by atoms with Crippen LogP contribution >= 0.6 is 0 Å². The lowest BCUT2D eigenvalue weighted by Crippen LogP contribution is -2.36. The number of alkyl halides is 3. The van der Waals surface area contributed by atoms with E-state index in [0.29, 0.717) is 11.3 Å². The highest BCUT2D eigenvalue weighted by Crippen LogP contribution is 2.31. The Morgan fingerprint density at radius 1 is 1.30 bits per heavy atom. The Bertz CT molecular complexity index is 663. The molecule has 2 N–H and O–H groups in total. The molecule has 2 amide bonds. The van der Waals surface area contributed by atoms with E-state index in [2.05, 4.69) is 15.5 Å². The van der Waals surface area contributed by atoms with Gasteiger partial charge in [0.1, 0.15) is 0 Å². The molecule has 1 aliphatic carbocycles. The number of urea groups is 1. The summed E-state index contributed by atoms with van der Waals surface area (Å²) < 4.78 is 37.7. The first-order chi connectivity index (χ1) is 10.9. The Morgan fingerprint density at radius 3 is 2.52 bits per heavy atom. The molecule has 1 aromatic carbocycles. The van der Waals surface area contributed by atoms with Crippen LogP contribution < -0.4 is 5.32 Å². The van der Waals surface area contributed by atoms with Gasteiger partial charge < -0.3 is 10.2 Å². The van der Waals surface area contributed by atoms with E-state index < -0.39 is 11.7 Å². The Hall–Kier alpha value is -2.51. The van der Waals surface area contributed by atoms with Gasteiger partial charge in [-0.15, -0.1) is 0 Å². The molecule has 0 bridgehead atoms. The van der Waals surface area contributed by atoms with Crippen LogP contribution in [0.15, 0.2) is 36.7 Å². The van der Waals surface area contributed by atoms with Crippen molar-refractivity contribution in [3.63, 3.8) is 0 Å². The van der Waals surface area contributed by atoms with Gasteiger partial charge in [-0.2, -0.15) is 18.3 Å². The number of nitrogens with zero attached hydrogens (tertiary/aromatic N) is 2. The van der Waals surface area contributed by atoms with E-state index in [0.717, 1.165) is 25.0 Å². The number of hydrogen-bond acceptors (Lipinski definition) is 2. The fourth-order valence-corrected chi connectivity index (χ4v) is 2.26. The van der Waals surface area contributed by atoms with Gasteiger partial charge in [-0.3, -0.25) is 5.10 Å². The predicted octanol–water partition coefficient (Wildman–Crippen LogP) is 3.63. The van der Waals surface area contributed by atoms with Gasteiger partial charge in [0.05, 0.1) is 17.4 Å². The minimum absolute atomic E-state index is 0.129. The van der Waals surface area contributed by atoms with E-state index in [1.807, 2.05) is 0 Å². The van der Waals surface area contributed by atoms with E-state index >= 15 is 0 Å². The van der Waals surface area contributed by atoms with Crippen LogP contribution in [0.25, 0.3) is 0 Å². The normalized spacial score (nSPS) is 14.6. The maximum atomic E-state index is 12.6. The standard InChI is InChI=1S/C15H15F3N4O/c16-15(17,18)11-3-1-10(2-4-11)9-22(13-5-6-13)14(23)21-12-7-19-20-8-12/h1-4,7-8,13H,5-6,9H2,(H,19,20)(H,21,23). The number of rotatable bonds is 4. The molecular formula is C15H15F3N4O. The first-order valence-electron chi connectivity index (χ1n) is 7.16. The van der Waals surface area contributed by atoms with Gasteiger partial charge in [0.15, 0.2) is 0 Å². The molecule has 0 saturated heterocycles. The number of carbonyl (C=O) groups is 1. The van der Waals surface area contributed by atoms with Crippen LogP contribution in [0.1, 0.15) is 24.0 Å². The third-order valence-electron chi connectivity index (χ3n) is 3.63. The second-order valence-electron chi connectivity index (χ2n) is 5.47. The largest absolute Gasteiger partial charge is 0.416 e. The van der Waals surface area contributed by atoms with Crippen LogP contribution in [0, 0.1) is 0 Å². The lowest BCUT2D eigenvalue weighted by atomic mass is 10.1. The molecule has 1 aliphatic rings. The van der Waals surface area contributed by atoms with Crippen molar-refractivity contribution in [2.45, 2.75) is 31.6 Å². The Labute approximate surface area is 130 Å². The summed E-state index contributed by atoms with van der Waals surface area (Å²) in [5.41, 5.74) is 0.516. The molecule has 1 heterocycles. The molecule has 23 heavy (non-hydrogen) atoms. The average Bonchev–Trinajstić information content (AvgIpc) is 3.21. The Kier molecular flexibility index (Phi) is 3.97. The van der Waals surface area contributed by atoms with Gasteiger partial charge in [-0.05, 0) is 30.5 Å². The van der Waals surface area contributed by atoms with Crippen LogP contribution in [-0.4, -0.2) is 27.2 Å². The fraction of sp³-hybridized carbons (Fsp3) is 0.333. The summed E-state index contributed by atoms with van der Waals surface area (Å²) in [6.45, 7) is 0.270. The van der Waals surface area contributed by atoms with Crippen molar-refractivity contribution < 1.29 is 18.0 Å². The van der Waals surface area contributed by atoms with Crippen molar-refractivity contribution >= 4 is 11.7 Å². The maximum Gasteiger partial charge on any atom is 0.416 e. The molecule has 0 atom stereocenters. The second kappa shape index (κ2) is 5.94. The quantitative estimate of drug-likeness (QED) is 0.902. The molecule has 2 aromatic rings. The summed E-state index contributed by atoms with van der Waals surface area (Å²) in [7, 11) is 0. The predicted molar refractivity (Wildman–Crippen MR) is 77.6 cm³/mol. The minimum atomic E-state index is -4.35. The fourth-order valence-electron chi connectivity index (χ4n) is 2.26. The number of anilines is 1. The molecule has 0 spiro atoms. The van der Waals surface area contributed by atoms with Crippen molar-refractivity contribution in [3.8, 4) is 0 Å². The van der Waals surface area contributed by atoms with Crippen molar-refractivity contribution in [1.29, 1.82) is 0 Å². The topological polar surface area (TPSA) is 61.0 Å². The summed E-state index contributed by atoms with van der Waals surface area (Å²) in [6, 6.07) is 4.73. The zero-order valence-corrected chi connectivity index (χ0v) is 12.1. The van der Waals surface area contributed by atoms with E-state index in [1.54, 1.807) is 11.1 Å². The smallest absolute Gasteiger partial charge is 0.317 e. The highest BCUT2D eigenvalue weighted by atomic mass is 19.4. The maximum absolute atomic E-state index is 12.6. The molecule has 0 unspecified atom stereocenters. The van der Waals surface area contributed by atoms with Crippen molar-refractivity contribution in [2.24, 2.45) is 0 Å². The highest BCUT2D eigenvalue weighted by molar-refractivity contribution is 5.89. The van der Waals surface area contributed by atoms with E-state index in [-0.39, 0.29) is 18.6 Å². The van der Waals surface area contributed by atoms with Gasteiger partial charge in [-0.25, -0.2) is 4.79 Å². The van der Waals surface area contributed by atoms with Crippen LogP contribution in [-0.2, 0) is 12.7 Å². The number of H-pyrrole nitrogens is 1. The number of nitrogens with one attached hydrogen (secondary N) is 2. The number of halogens is 3. The van der Waals surface area contributed by atoms with Crippen LogP contribution in [0.3, 0.4) is 0 Å². The van der Waals surface area contributed by atoms with Crippen LogP contribution in [0.2, 0.25) is 0 Å². The lowest BCUT2D eigenvalue weighted by Gasteiger charge is -2.22. The summed E-state index contributed by atoms with van der Waals surface area (Å²) in [4.78, 5) is 14.0. The minimum Gasteiger partial charge on any atom is -0.317 e. The van der Waals surface area contributed by atoms with Gasteiger partial charge in [0, 0.05) is 18.8 Å². The average molecular weight is 324 g/mol. The molecular weight excluding hydrogens is 309 g/mol. The number of aromatic nitrogens is 2. The number of benzene rings is 1. The lowest BCUT2D eigenvalue weighted by molar-refractivity contribution is -0.137. The van der Waals surface area contributed by atoms with E-state index in [9.17, 15) is 18.0 Å². The van der Waals surface area contributed by atoms with Gasteiger partial charge in [-0.1, -0.05) is 12.1 Å². The molecule has 0 aliphatic heterocycles. The zero-order valence-electron chi connectivity index (χ0n) is 12.1. The molecule has 8 heteroatoms. The molecule has 1 fully saturated rings. The number of carbonyl (C=O) groups excluding carboxylic acids is 1. The van der Waals surface area contributed by atoms with Gasteiger partial charge in [0.2, 0.25) is 0 Å². The van der Waals surface area contributed by atoms with E-state index in [4.69, 9.17) is 0 Å². The number of aromatic amines is 1. The molecule has 3 rings (SSSR count). The summed E-state index contributed by atoms with van der Waals surface area (Å²) in [5.74, 6) is 0.